The fourth-order valence-electron chi connectivity index (χ4n) is 4.80. The molecule has 0 radical (unpaired) electrons. The zero-order valence-electron chi connectivity index (χ0n) is 18.6. The Bertz CT molecular complexity index is 1070. The highest BCUT2D eigenvalue weighted by Crippen LogP contribution is 2.35. The Labute approximate surface area is 177 Å². The van der Waals surface area contributed by atoms with Crippen molar-refractivity contribution in [3.63, 3.8) is 0 Å². The van der Waals surface area contributed by atoms with Crippen molar-refractivity contribution in [2.24, 2.45) is 0 Å². The molecule has 0 spiro atoms. The number of imidazole rings is 1. The van der Waals surface area contributed by atoms with Crippen LogP contribution in [0.25, 0.3) is 22.3 Å². The second-order valence-electron chi connectivity index (χ2n) is 9.57. The predicted molar refractivity (Wildman–Crippen MR) is 121 cm³/mol. The van der Waals surface area contributed by atoms with Crippen LogP contribution in [0.15, 0.2) is 18.2 Å². The Morgan fingerprint density at radius 1 is 1.10 bits per heavy atom. The van der Waals surface area contributed by atoms with E-state index in [1.54, 1.807) is 7.11 Å². The lowest BCUT2D eigenvalue weighted by molar-refractivity contribution is 0.170. The minimum atomic E-state index is 0.0343. The first-order valence-electron chi connectivity index (χ1n) is 10.3. The van der Waals surface area contributed by atoms with Crippen LogP contribution in [-0.2, 0) is 0 Å². The summed E-state index contributed by atoms with van der Waals surface area (Å²) in [6.45, 7) is 10.8. The number of piperidine rings is 1. The van der Waals surface area contributed by atoms with E-state index in [2.05, 4.69) is 58.5 Å². The highest BCUT2D eigenvalue weighted by atomic mass is 16.5. The number of benzene rings is 1. The Morgan fingerprint density at radius 2 is 1.80 bits per heavy atom. The second-order valence-corrected chi connectivity index (χ2v) is 9.57. The number of nitrogens with zero attached hydrogens (tertiary/aromatic N) is 3. The van der Waals surface area contributed by atoms with E-state index in [9.17, 15) is 0 Å². The molecule has 5 N–H and O–H groups in total. The van der Waals surface area contributed by atoms with Crippen molar-refractivity contribution in [3.8, 4) is 17.0 Å². The molecule has 1 aliphatic rings. The largest absolute Gasteiger partial charge is 0.496 e. The molecule has 30 heavy (non-hydrogen) atoms. The molecule has 0 atom stereocenters. The molecule has 0 bridgehead atoms. The molecule has 3 heterocycles. The number of nitrogens with one attached hydrogen (secondary N) is 3. The van der Waals surface area contributed by atoms with Crippen molar-refractivity contribution < 1.29 is 4.74 Å². The molecule has 1 fully saturated rings. The van der Waals surface area contributed by atoms with Crippen LogP contribution in [0.1, 0.15) is 46.4 Å². The molecule has 4 rings (SSSR count). The van der Waals surface area contributed by atoms with Crippen LogP contribution in [-0.4, -0.2) is 44.4 Å². The number of nitrogens with two attached hydrogens (primary N) is 1. The molecule has 8 nitrogen and oxygen atoms in total. The number of rotatable bonds is 4. The number of aromatic nitrogens is 4. The van der Waals surface area contributed by atoms with Crippen LogP contribution in [0.2, 0.25) is 0 Å². The number of anilines is 2. The summed E-state index contributed by atoms with van der Waals surface area (Å²) in [5.41, 5.74) is 10.3. The third-order valence-corrected chi connectivity index (χ3v) is 5.55. The van der Waals surface area contributed by atoms with Gasteiger partial charge >= 0.3 is 0 Å². The van der Waals surface area contributed by atoms with E-state index in [1.807, 2.05) is 25.1 Å². The summed E-state index contributed by atoms with van der Waals surface area (Å²) in [6.07, 6.45) is 1.95. The lowest BCUT2D eigenvalue weighted by Crippen LogP contribution is -2.60. The van der Waals surface area contributed by atoms with Gasteiger partial charge in [0.15, 0.2) is 5.82 Å². The zero-order chi connectivity index (χ0) is 21.7. The fourth-order valence-corrected chi connectivity index (χ4v) is 4.80. The first-order chi connectivity index (χ1) is 14.0. The molecule has 1 aromatic carbocycles. The Kier molecular flexibility index (Phi) is 4.85. The zero-order valence-corrected chi connectivity index (χ0v) is 18.6. The predicted octanol–water partition coefficient (Wildman–Crippen LogP) is 3.64. The van der Waals surface area contributed by atoms with E-state index >= 15 is 0 Å². The third-order valence-electron chi connectivity index (χ3n) is 5.55. The molecule has 0 unspecified atom stereocenters. The number of hydrogen-bond acceptors (Lipinski definition) is 7. The van der Waals surface area contributed by atoms with Gasteiger partial charge in [-0.25, -0.2) is 4.98 Å². The number of fused-ring (bicyclic) bond motifs is 1. The van der Waals surface area contributed by atoms with Crippen molar-refractivity contribution in [2.75, 3.05) is 18.2 Å². The van der Waals surface area contributed by atoms with Crippen molar-refractivity contribution in [3.05, 3.63) is 24.0 Å². The van der Waals surface area contributed by atoms with Crippen LogP contribution in [0.3, 0.4) is 0 Å². The molecule has 1 saturated heterocycles. The van der Waals surface area contributed by atoms with Crippen molar-refractivity contribution >= 4 is 22.5 Å². The smallest absolute Gasteiger partial charge is 0.172 e. The summed E-state index contributed by atoms with van der Waals surface area (Å²) in [7, 11) is 1.64. The van der Waals surface area contributed by atoms with Gasteiger partial charge in [0, 0.05) is 28.7 Å². The topological polar surface area (TPSA) is 114 Å². The van der Waals surface area contributed by atoms with Gasteiger partial charge in [-0.3, -0.25) is 0 Å². The maximum atomic E-state index is 6.38. The first kappa shape index (κ1) is 20.4. The van der Waals surface area contributed by atoms with E-state index in [0.717, 1.165) is 35.3 Å². The van der Waals surface area contributed by atoms with Crippen molar-refractivity contribution in [2.45, 2.75) is 64.6 Å². The Morgan fingerprint density at radius 3 is 2.43 bits per heavy atom. The third kappa shape index (κ3) is 4.05. The molecular weight excluding hydrogens is 378 g/mol. The quantitative estimate of drug-likeness (QED) is 0.520. The van der Waals surface area contributed by atoms with Gasteiger partial charge in [-0.1, -0.05) is 0 Å². The number of methoxy groups -OCH3 is 1. The van der Waals surface area contributed by atoms with Crippen LogP contribution in [0.5, 0.6) is 5.75 Å². The van der Waals surface area contributed by atoms with Crippen molar-refractivity contribution in [1.82, 2.24) is 25.5 Å². The standard InChI is InChI=1S/C22H31N7O/c1-12-24-17-7-14(19(30-6)9-18(17)25-12)16-8-15(23)20(28-27-16)26-13-10-21(2,3)29-22(4,5)11-13/h7-9,13,29H,10-11H2,1-6H3,(H2,23,27)(H,24,25)(H,26,28). The van der Waals surface area contributed by atoms with Crippen LogP contribution in [0, 0.1) is 6.92 Å². The van der Waals surface area contributed by atoms with Gasteiger partial charge in [-0.15, -0.1) is 10.2 Å². The van der Waals surface area contributed by atoms with Gasteiger partial charge in [-0.05, 0) is 59.6 Å². The van der Waals surface area contributed by atoms with Crippen LogP contribution >= 0.6 is 0 Å². The molecule has 3 aromatic rings. The minimum absolute atomic E-state index is 0.0343. The van der Waals surface area contributed by atoms with E-state index in [-0.39, 0.29) is 17.1 Å². The number of aromatic amines is 1. The molecule has 1 aliphatic heterocycles. The SMILES string of the molecule is COc1cc2nc(C)[nH]c2cc1-c1cc(N)c(NC2CC(C)(C)NC(C)(C)C2)nn1. The van der Waals surface area contributed by atoms with Crippen LogP contribution < -0.4 is 21.1 Å². The van der Waals surface area contributed by atoms with Gasteiger partial charge < -0.3 is 26.1 Å². The van der Waals surface area contributed by atoms with E-state index in [4.69, 9.17) is 10.5 Å². The molecule has 0 amide bonds. The Balaban J connectivity index is 1.63. The molecule has 0 saturated carbocycles. The fraction of sp³-hybridized carbons (Fsp3) is 0.500. The number of hydrogen-bond donors (Lipinski definition) is 4. The normalized spacial score (nSPS) is 18.5. The van der Waals surface area contributed by atoms with Gasteiger partial charge in [0.1, 0.15) is 11.6 Å². The maximum Gasteiger partial charge on any atom is 0.172 e. The second kappa shape index (κ2) is 7.12. The number of nitrogen functional groups attached to an aromatic ring is 1. The van der Waals surface area contributed by atoms with E-state index in [1.165, 1.54) is 0 Å². The summed E-state index contributed by atoms with van der Waals surface area (Å²) >= 11 is 0. The summed E-state index contributed by atoms with van der Waals surface area (Å²) in [5, 5.41) is 16.1. The molecule has 2 aromatic heterocycles. The number of H-pyrrole nitrogens is 1. The van der Waals surface area contributed by atoms with Crippen molar-refractivity contribution in [1.29, 1.82) is 0 Å². The molecule has 160 valence electrons. The number of aryl methyl sites for hydroxylation is 1. The molecular formula is C22H31N7O. The monoisotopic (exact) mass is 409 g/mol. The molecule has 0 aliphatic carbocycles. The average molecular weight is 410 g/mol. The van der Waals surface area contributed by atoms with Gasteiger partial charge in [0.25, 0.3) is 0 Å². The van der Waals surface area contributed by atoms with E-state index < -0.39 is 0 Å². The summed E-state index contributed by atoms with van der Waals surface area (Å²) in [6, 6.07) is 5.98. The lowest BCUT2D eigenvalue weighted by Gasteiger charge is -2.46. The van der Waals surface area contributed by atoms with Gasteiger partial charge in [0.05, 0.1) is 29.5 Å². The van der Waals surface area contributed by atoms with Gasteiger partial charge in [-0.2, -0.15) is 0 Å². The highest BCUT2D eigenvalue weighted by molar-refractivity contribution is 5.86. The highest BCUT2D eigenvalue weighted by Gasteiger charge is 2.37. The molecule has 8 heteroatoms. The maximum absolute atomic E-state index is 6.38. The first-order valence-corrected chi connectivity index (χ1v) is 10.3. The van der Waals surface area contributed by atoms with Crippen LogP contribution in [0.4, 0.5) is 11.5 Å². The average Bonchev–Trinajstić information content (AvgIpc) is 2.98. The number of ether oxygens (including phenoxy) is 1. The summed E-state index contributed by atoms with van der Waals surface area (Å²) < 4.78 is 5.57. The minimum Gasteiger partial charge on any atom is -0.496 e. The lowest BCUT2D eigenvalue weighted by atomic mass is 9.79. The summed E-state index contributed by atoms with van der Waals surface area (Å²) in [5.74, 6) is 2.15. The Hall–Kier alpha value is -2.87. The van der Waals surface area contributed by atoms with Gasteiger partial charge in [0.2, 0.25) is 0 Å². The summed E-state index contributed by atoms with van der Waals surface area (Å²) in [4.78, 5) is 7.72. The van der Waals surface area contributed by atoms with E-state index in [0.29, 0.717) is 22.9 Å².